The number of likely N-dealkylation sites (tertiary alicyclic amines) is 1. The number of rotatable bonds is 2. The van der Waals surface area contributed by atoms with Gasteiger partial charge in [-0.05, 0) is 13.3 Å². The van der Waals surface area contributed by atoms with Crippen molar-refractivity contribution in [3.8, 4) is 0 Å². The molecule has 1 fully saturated rings. The molecule has 23 heavy (non-hydrogen) atoms. The number of aromatic nitrogens is 2. The Morgan fingerprint density at radius 2 is 2.26 bits per heavy atom. The molecule has 124 valence electrons. The number of aromatic amines is 1. The van der Waals surface area contributed by atoms with Crippen LogP contribution < -0.4 is 5.56 Å². The average molecular weight is 319 g/mol. The summed E-state index contributed by atoms with van der Waals surface area (Å²) < 4.78 is 11.0. The van der Waals surface area contributed by atoms with Gasteiger partial charge in [0.05, 0.1) is 18.0 Å². The van der Waals surface area contributed by atoms with E-state index in [-0.39, 0.29) is 34.1 Å². The molecule has 3 heterocycles. The molecule has 0 saturated carbocycles. The fourth-order valence-corrected chi connectivity index (χ4v) is 3.42. The number of carbonyl (C=O) groups is 1. The summed E-state index contributed by atoms with van der Waals surface area (Å²) in [6, 6.07) is 0. The second-order valence-corrected chi connectivity index (χ2v) is 6.67. The van der Waals surface area contributed by atoms with E-state index in [2.05, 4.69) is 23.8 Å². The van der Waals surface area contributed by atoms with Gasteiger partial charge in [0.25, 0.3) is 11.5 Å². The van der Waals surface area contributed by atoms with Crippen LogP contribution in [0.15, 0.2) is 15.5 Å². The zero-order valence-corrected chi connectivity index (χ0v) is 13.8. The molecule has 1 atom stereocenters. The molecule has 0 radical (unpaired) electrons. The average Bonchev–Trinajstić information content (AvgIpc) is 2.83. The van der Waals surface area contributed by atoms with E-state index < -0.39 is 0 Å². The molecule has 1 N–H and O–H groups in total. The summed E-state index contributed by atoms with van der Waals surface area (Å²) in [6.45, 7) is 6.99. The minimum Gasteiger partial charge on any atom is -0.442 e. The smallest absolute Gasteiger partial charge is 0.262 e. The maximum Gasteiger partial charge on any atom is 0.262 e. The van der Waals surface area contributed by atoms with Crippen LogP contribution in [0.5, 0.6) is 0 Å². The lowest BCUT2D eigenvalue weighted by atomic mass is 9.81. The van der Waals surface area contributed by atoms with Gasteiger partial charge in [0.1, 0.15) is 11.1 Å². The van der Waals surface area contributed by atoms with Gasteiger partial charge in [-0.25, -0.2) is 4.98 Å². The van der Waals surface area contributed by atoms with Crippen molar-refractivity contribution >= 4 is 17.0 Å². The highest BCUT2D eigenvalue weighted by Crippen LogP contribution is 2.33. The molecule has 1 aliphatic heterocycles. The van der Waals surface area contributed by atoms with Crippen LogP contribution in [0.25, 0.3) is 11.1 Å². The molecule has 7 nitrogen and oxygen atoms in total. The van der Waals surface area contributed by atoms with Crippen molar-refractivity contribution in [2.75, 3.05) is 20.2 Å². The molecule has 2 aromatic rings. The van der Waals surface area contributed by atoms with Gasteiger partial charge in [-0.1, -0.05) is 13.8 Å². The van der Waals surface area contributed by atoms with Crippen molar-refractivity contribution in [3.05, 3.63) is 28.0 Å². The van der Waals surface area contributed by atoms with Crippen LogP contribution in [-0.4, -0.2) is 47.1 Å². The van der Waals surface area contributed by atoms with Crippen LogP contribution in [-0.2, 0) is 4.74 Å². The van der Waals surface area contributed by atoms with Crippen LogP contribution >= 0.6 is 0 Å². The van der Waals surface area contributed by atoms with Crippen LogP contribution in [0.1, 0.15) is 36.4 Å². The lowest BCUT2D eigenvalue weighted by Crippen LogP contribution is -2.51. The summed E-state index contributed by atoms with van der Waals surface area (Å²) in [7, 11) is 1.70. The number of H-pyrrole nitrogens is 1. The van der Waals surface area contributed by atoms with Gasteiger partial charge in [0.15, 0.2) is 0 Å². The largest absolute Gasteiger partial charge is 0.442 e. The lowest BCUT2D eigenvalue weighted by Gasteiger charge is -2.43. The number of nitrogens with zero attached hydrogens (tertiary/aromatic N) is 2. The van der Waals surface area contributed by atoms with E-state index in [0.717, 1.165) is 6.42 Å². The molecule has 1 amide bonds. The van der Waals surface area contributed by atoms with Crippen LogP contribution in [0, 0.1) is 12.3 Å². The summed E-state index contributed by atoms with van der Waals surface area (Å²) in [5, 5.41) is 0.224. The predicted molar refractivity (Wildman–Crippen MR) is 84.5 cm³/mol. The summed E-state index contributed by atoms with van der Waals surface area (Å²) in [5.41, 5.74) is -0.0104. The highest BCUT2D eigenvalue weighted by Gasteiger charge is 2.39. The van der Waals surface area contributed by atoms with E-state index in [1.54, 1.807) is 18.9 Å². The second-order valence-electron chi connectivity index (χ2n) is 6.67. The number of amides is 1. The quantitative estimate of drug-likeness (QED) is 0.910. The molecule has 1 saturated heterocycles. The summed E-state index contributed by atoms with van der Waals surface area (Å²) in [4.78, 5) is 33.3. The Bertz CT molecular complexity index is 805. The number of aryl methyl sites for hydroxylation is 1. The Morgan fingerprint density at radius 1 is 1.52 bits per heavy atom. The summed E-state index contributed by atoms with van der Waals surface area (Å²) in [6.07, 6.45) is 2.15. The highest BCUT2D eigenvalue weighted by atomic mass is 16.5. The highest BCUT2D eigenvalue weighted by molar-refractivity contribution is 6.06. The first kappa shape index (κ1) is 15.7. The number of fused-ring (bicyclic) bond motifs is 1. The Labute approximate surface area is 133 Å². The zero-order chi connectivity index (χ0) is 16.8. The first-order valence-corrected chi connectivity index (χ1v) is 7.64. The molecule has 1 aliphatic rings. The number of piperidine rings is 1. The molecule has 7 heteroatoms. The Hall–Kier alpha value is -2.15. The third-order valence-electron chi connectivity index (χ3n) is 4.59. The number of hydrogen-bond donors (Lipinski definition) is 1. The van der Waals surface area contributed by atoms with E-state index in [0.29, 0.717) is 24.4 Å². The minimum absolute atomic E-state index is 0.110. The molecule has 3 rings (SSSR count). The number of methoxy groups -OCH3 is 1. The SMILES string of the molecule is COC1CCN(C(=O)c2c(C)oc3nc[nH]c(=O)c23)CC1(C)C. The van der Waals surface area contributed by atoms with Gasteiger partial charge >= 0.3 is 0 Å². The zero-order valence-electron chi connectivity index (χ0n) is 13.8. The van der Waals surface area contributed by atoms with Gasteiger partial charge in [-0.15, -0.1) is 0 Å². The lowest BCUT2D eigenvalue weighted by molar-refractivity contribution is -0.0443. The fraction of sp³-hybridized carbons (Fsp3) is 0.562. The van der Waals surface area contributed by atoms with Crippen LogP contribution in [0.4, 0.5) is 0 Å². The first-order valence-electron chi connectivity index (χ1n) is 7.64. The minimum atomic E-state index is -0.360. The molecule has 0 aromatic carbocycles. The summed E-state index contributed by atoms with van der Waals surface area (Å²) >= 11 is 0. The van der Waals surface area contributed by atoms with Crippen molar-refractivity contribution in [2.24, 2.45) is 5.41 Å². The normalized spacial score (nSPS) is 20.9. The van der Waals surface area contributed by atoms with Crippen molar-refractivity contribution in [1.82, 2.24) is 14.9 Å². The van der Waals surface area contributed by atoms with Crippen molar-refractivity contribution < 1.29 is 13.9 Å². The van der Waals surface area contributed by atoms with E-state index in [4.69, 9.17) is 9.15 Å². The Balaban J connectivity index is 1.99. The molecule has 0 bridgehead atoms. The third-order valence-corrected chi connectivity index (χ3v) is 4.59. The van der Waals surface area contributed by atoms with Crippen molar-refractivity contribution in [1.29, 1.82) is 0 Å². The first-order chi connectivity index (χ1) is 10.8. The third kappa shape index (κ3) is 2.55. The number of furan rings is 1. The van der Waals surface area contributed by atoms with Gasteiger partial charge < -0.3 is 19.0 Å². The number of ether oxygens (including phenoxy) is 1. The molecule has 0 aliphatic carbocycles. The van der Waals surface area contributed by atoms with Crippen molar-refractivity contribution in [2.45, 2.75) is 33.3 Å². The van der Waals surface area contributed by atoms with Gasteiger partial charge in [-0.2, -0.15) is 0 Å². The standard InChI is InChI=1S/C16H21N3O4/c1-9-11(12-13(20)17-8-18-14(12)23-9)15(21)19-6-5-10(22-4)16(2,3)7-19/h8,10H,5-7H2,1-4H3,(H,17,18,20). The van der Waals surface area contributed by atoms with Gasteiger partial charge in [0.2, 0.25) is 5.71 Å². The Kier molecular flexibility index (Phi) is 3.75. The van der Waals surface area contributed by atoms with Crippen molar-refractivity contribution in [3.63, 3.8) is 0 Å². The van der Waals surface area contributed by atoms with E-state index >= 15 is 0 Å². The van der Waals surface area contributed by atoms with E-state index in [9.17, 15) is 9.59 Å². The monoisotopic (exact) mass is 319 g/mol. The molecule has 0 spiro atoms. The molecule has 1 unspecified atom stereocenters. The molecule has 2 aromatic heterocycles. The Morgan fingerprint density at radius 3 is 2.91 bits per heavy atom. The van der Waals surface area contributed by atoms with Gasteiger partial charge in [0, 0.05) is 25.6 Å². The topological polar surface area (TPSA) is 88.4 Å². The second kappa shape index (κ2) is 5.49. The predicted octanol–water partition coefficient (Wildman–Crippen LogP) is 1.71. The molecular weight excluding hydrogens is 298 g/mol. The van der Waals surface area contributed by atoms with Gasteiger partial charge in [-0.3, -0.25) is 9.59 Å². The van der Waals surface area contributed by atoms with E-state index in [1.165, 1.54) is 6.33 Å². The van der Waals surface area contributed by atoms with Crippen LogP contribution in [0.3, 0.4) is 0 Å². The maximum atomic E-state index is 13.0. The maximum absolute atomic E-state index is 13.0. The van der Waals surface area contributed by atoms with Crippen LogP contribution in [0.2, 0.25) is 0 Å². The van der Waals surface area contributed by atoms with E-state index in [1.807, 2.05) is 0 Å². The fourth-order valence-electron chi connectivity index (χ4n) is 3.42. The summed E-state index contributed by atoms with van der Waals surface area (Å²) in [5.74, 6) is 0.225. The number of nitrogens with one attached hydrogen (secondary N) is 1. The number of hydrogen-bond acceptors (Lipinski definition) is 5. The molecular formula is C16H21N3O4. The number of carbonyl (C=O) groups excluding carboxylic acids is 1.